The van der Waals surface area contributed by atoms with Gasteiger partial charge in [0.05, 0.1) is 12.5 Å². The molecule has 2 aliphatic rings. The van der Waals surface area contributed by atoms with E-state index < -0.39 is 42.1 Å². The molecular weight excluding hydrogens is 364 g/mol. The molecule has 1 fully saturated rings. The van der Waals surface area contributed by atoms with Crippen LogP contribution in [0.25, 0.3) is 0 Å². The average Bonchev–Trinajstić information content (AvgIpc) is 2.85. The number of hydrogen-bond donors (Lipinski definition) is 1. The van der Waals surface area contributed by atoms with Crippen LogP contribution in [0.4, 0.5) is 0 Å². The Morgan fingerprint density at radius 3 is 2.50 bits per heavy atom. The molecule has 0 radical (unpaired) electrons. The summed E-state index contributed by atoms with van der Waals surface area (Å²) in [4.78, 5) is 35.7. The lowest BCUT2D eigenvalue weighted by Crippen LogP contribution is -2.34. The monoisotopic (exact) mass is 390 g/mol. The van der Waals surface area contributed by atoms with Crippen LogP contribution in [-0.4, -0.2) is 47.9 Å². The van der Waals surface area contributed by atoms with E-state index in [1.807, 2.05) is 6.92 Å². The SMILES string of the molecule is C=C(C)C(=O)O[C@@H]1C/C(CO)=C/[C@@H](OC(C)=O)CC(C)=C[C@H]2OC(=O)C(=C)[C@@H]21. The second kappa shape index (κ2) is 9.01. The zero-order chi connectivity index (χ0) is 21.0. The number of ether oxygens (including phenoxy) is 3. The number of esters is 3. The zero-order valence-corrected chi connectivity index (χ0v) is 16.4. The molecule has 0 aromatic rings. The maximum absolute atomic E-state index is 12.2. The summed E-state index contributed by atoms with van der Waals surface area (Å²) in [5.41, 5.74) is 1.77. The lowest BCUT2D eigenvalue weighted by molar-refractivity contribution is -0.147. The van der Waals surface area contributed by atoms with Crippen molar-refractivity contribution in [1.82, 2.24) is 0 Å². The first-order chi connectivity index (χ1) is 13.1. The van der Waals surface area contributed by atoms with Crippen LogP contribution in [0.5, 0.6) is 0 Å². The van der Waals surface area contributed by atoms with Gasteiger partial charge in [-0.1, -0.05) is 18.7 Å². The normalized spacial score (nSPS) is 29.6. The van der Waals surface area contributed by atoms with E-state index >= 15 is 0 Å². The van der Waals surface area contributed by atoms with E-state index in [9.17, 15) is 19.5 Å². The largest absolute Gasteiger partial charge is 0.458 e. The summed E-state index contributed by atoms with van der Waals surface area (Å²) < 4.78 is 16.3. The third-order valence-electron chi connectivity index (χ3n) is 4.65. The standard InChI is InChI=1S/C21H26O7/c1-11(2)20(24)27-18-9-15(10-22)8-16(26-14(5)23)6-12(3)7-17-19(18)13(4)21(25)28-17/h7-8,16-19,22H,1,4,6,9-10H2,2-3,5H3/b12-7?,15-8-/t16-,17+,18+,19-/m0/s1. The summed E-state index contributed by atoms with van der Waals surface area (Å²) in [6, 6.07) is 0. The molecule has 1 heterocycles. The number of rotatable bonds is 4. The highest BCUT2D eigenvalue weighted by molar-refractivity contribution is 5.91. The number of fused-ring (bicyclic) bond motifs is 1. The molecule has 0 spiro atoms. The van der Waals surface area contributed by atoms with Crippen molar-refractivity contribution >= 4 is 17.9 Å². The topological polar surface area (TPSA) is 99.1 Å². The molecule has 1 aliphatic heterocycles. The molecule has 0 unspecified atom stereocenters. The van der Waals surface area contributed by atoms with Crippen LogP contribution >= 0.6 is 0 Å². The third kappa shape index (κ3) is 5.19. The van der Waals surface area contributed by atoms with Crippen LogP contribution in [0.3, 0.4) is 0 Å². The molecule has 1 N–H and O–H groups in total. The van der Waals surface area contributed by atoms with Crippen molar-refractivity contribution < 1.29 is 33.7 Å². The van der Waals surface area contributed by atoms with Gasteiger partial charge in [-0.25, -0.2) is 9.59 Å². The van der Waals surface area contributed by atoms with E-state index in [4.69, 9.17) is 14.2 Å². The smallest absolute Gasteiger partial charge is 0.334 e. The Hall–Kier alpha value is -2.67. The van der Waals surface area contributed by atoms with Gasteiger partial charge < -0.3 is 19.3 Å². The predicted molar refractivity (Wildman–Crippen MR) is 101 cm³/mol. The van der Waals surface area contributed by atoms with Crippen LogP contribution in [-0.2, 0) is 28.6 Å². The zero-order valence-electron chi connectivity index (χ0n) is 16.4. The van der Waals surface area contributed by atoms with E-state index in [1.54, 1.807) is 12.2 Å². The van der Waals surface area contributed by atoms with Crippen LogP contribution in [0.15, 0.2) is 47.6 Å². The number of aliphatic hydroxyl groups excluding tert-OH is 1. The molecule has 0 saturated carbocycles. The van der Waals surface area contributed by atoms with Crippen molar-refractivity contribution in [3.05, 3.63) is 47.6 Å². The van der Waals surface area contributed by atoms with Gasteiger partial charge in [0, 0.05) is 30.9 Å². The molecule has 0 amide bonds. The summed E-state index contributed by atoms with van der Waals surface area (Å²) in [5.74, 6) is -2.21. The van der Waals surface area contributed by atoms with Crippen molar-refractivity contribution in [2.75, 3.05) is 6.61 Å². The average molecular weight is 390 g/mol. The molecule has 0 bridgehead atoms. The molecule has 7 heteroatoms. The number of hydrogen-bond acceptors (Lipinski definition) is 7. The third-order valence-corrected chi connectivity index (χ3v) is 4.65. The van der Waals surface area contributed by atoms with E-state index in [0.717, 1.165) is 5.57 Å². The molecule has 1 aliphatic carbocycles. The van der Waals surface area contributed by atoms with Gasteiger partial charge in [-0.2, -0.15) is 0 Å². The molecule has 152 valence electrons. The second-order valence-electron chi connectivity index (χ2n) is 7.20. The Balaban J connectivity index is 2.48. The maximum Gasteiger partial charge on any atom is 0.334 e. The highest BCUT2D eigenvalue weighted by Gasteiger charge is 2.44. The fourth-order valence-corrected chi connectivity index (χ4v) is 3.38. The molecule has 4 atom stereocenters. The first kappa shape index (κ1) is 21.6. The minimum Gasteiger partial charge on any atom is -0.458 e. The van der Waals surface area contributed by atoms with Crippen LogP contribution < -0.4 is 0 Å². The molecular formula is C21H26O7. The van der Waals surface area contributed by atoms with Crippen molar-refractivity contribution in [2.24, 2.45) is 5.92 Å². The molecule has 28 heavy (non-hydrogen) atoms. The van der Waals surface area contributed by atoms with Gasteiger partial charge in [-0.15, -0.1) is 0 Å². The minimum absolute atomic E-state index is 0.136. The summed E-state index contributed by atoms with van der Waals surface area (Å²) >= 11 is 0. The van der Waals surface area contributed by atoms with E-state index in [1.165, 1.54) is 13.8 Å². The molecule has 7 nitrogen and oxygen atoms in total. The van der Waals surface area contributed by atoms with Crippen molar-refractivity contribution in [1.29, 1.82) is 0 Å². The fourth-order valence-electron chi connectivity index (χ4n) is 3.38. The quantitative estimate of drug-likeness (QED) is 0.340. The Kier molecular flexibility index (Phi) is 6.96. The molecule has 2 rings (SSSR count). The van der Waals surface area contributed by atoms with Crippen molar-refractivity contribution in [2.45, 2.75) is 51.9 Å². The fraction of sp³-hybridized carbons (Fsp3) is 0.476. The number of aliphatic hydroxyl groups is 1. The van der Waals surface area contributed by atoms with Gasteiger partial charge in [-0.3, -0.25) is 4.79 Å². The number of carbonyl (C=O) groups is 3. The van der Waals surface area contributed by atoms with Crippen LogP contribution in [0, 0.1) is 5.92 Å². The second-order valence-corrected chi connectivity index (χ2v) is 7.20. The maximum atomic E-state index is 12.2. The lowest BCUT2D eigenvalue weighted by Gasteiger charge is -2.28. The van der Waals surface area contributed by atoms with Crippen molar-refractivity contribution in [3.8, 4) is 0 Å². The minimum atomic E-state index is -0.799. The predicted octanol–water partition coefficient (Wildman–Crippen LogP) is 2.16. The number of carbonyl (C=O) groups excluding carboxylic acids is 3. The highest BCUT2D eigenvalue weighted by atomic mass is 16.6. The van der Waals surface area contributed by atoms with Gasteiger partial charge in [0.1, 0.15) is 18.3 Å². The molecule has 1 saturated heterocycles. The van der Waals surface area contributed by atoms with E-state index in [-0.39, 0.29) is 24.2 Å². The lowest BCUT2D eigenvalue weighted by atomic mass is 9.85. The van der Waals surface area contributed by atoms with Gasteiger partial charge in [0.25, 0.3) is 0 Å². The highest BCUT2D eigenvalue weighted by Crippen LogP contribution is 2.36. The first-order valence-electron chi connectivity index (χ1n) is 9.03. The Morgan fingerprint density at radius 2 is 1.93 bits per heavy atom. The summed E-state index contributed by atoms with van der Waals surface area (Å²) in [6.45, 7) is 11.7. The summed E-state index contributed by atoms with van der Waals surface area (Å²) in [7, 11) is 0. The van der Waals surface area contributed by atoms with E-state index in [0.29, 0.717) is 12.0 Å². The van der Waals surface area contributed by atoms with Gasteiger partial charge in [0.2, 0.25) is 0 Å². The van der Waals surface area contributed by atoms with Crippen molar-refractivity contribution in [3.63, 3.8) is 0 Å². The van der Waals surface area contributed by atoms with Crippen LogP contribution in [0.1, 0.15) is 33.6 Å². The van der Waals surface area contributed by atoms with E-state index in [2.05, 4.69) is 13.2 Å². The van der Waals surface area contributed by atoms with Gasteiger partial charge in [-0.05, 0) is 31.6 Å². The molecule has 0 aromatic heterocycles. The Bertz CT molecular complexity index is 759. The van der Waals surface area contributed by atoms with Crippen LogP contribution in [0.2, 0.25) is 0 Å². The first-order valence-corrected chi connectivity index (χ1v) is 9.03. The van der Waals surface area contributed by atoms with Gasteiger partial charge in [0.15, 0.2) is 0 Å². The summed E-state index contributed by atoms with van der Waals surface area (Å²) in [5, 5.41) is 9.81. The Morgan fingerprint density at radius 1 is 1.25 bits per heavy atom. The molecule has 0 aromatic carbocycles. The Labute approximate surface area is 164 Å². The van der Waals surface area contributed by atoms with Gasteiger partial charge >= 0.3 is 17.9 Å². The summed E-state index contributed by atoms with van der Waals surface area (Å²) in [6.07, 6.45) is 1.87.